The molecule has 1 fully saturated rings. The van der Waals surface area contributed by atoms with Gasteiger partial charge in [-0.15, -0.1) is 0 Å². The molecule has 306 valence electrons. The fraction of sp³-hybridized carbons (Fsp3) is 0.805. The minimum Gasteiger partial charge on any atom is -0.497 e. The molecule has 1 aromatic rings. The van der Waals surface area contributed by atoms with Gasteiger partial charge < -0.3 is 37.0 Å². The first-order valence-electron chi connectivity index (χ1n) is 19.4. The molecule has 1 aliphatic heterocycles. The van der Waals surface area contributed by atoms with E-state index < -0.39 is 60.6 Å². The average molecular weight is 797 g/mol. The van der Waals surface area contributed by atoms with Crippen molar-refractivity contribution in [3.8, 4) is 5.75 Å². The highest BCUT2D eigenvalue weighted by molar-refractivity contribution is 6.75. The Kier molecular flexibility index (Phi) is 16.1. The maximum Gasteiger partial charge on any atom is 0.302 e. The summed E-state index contributed by atoms with van der Waals surface area (Å²) in [7, 11) is -5.39. The van der Waals surface area contributed by atoms with Crippen LogP contribution in [-0.2, 0) is 43.7 Å². The molecule has 0 bridgehead atoms. The third-order valence-electron chi connectivity index (χ3n) is 12.6. The zero-order valence-electron chi connectivity index (χ0n) is 36.9. The quantitative estimate of drug-likeness (QED) is 0.0553. The number of esters is 1. The molecule has 12 heteroatoms. The number of epoxide rings is 1. The van der Waals surface area contributed by atoms with Gasteiger partial charge in [-0.25, -0.2) is 0 Å². The number of carbonyl (C=O) groups is 2. The Bertz CT molecular complexity index is 1330. The molecule has 0 spiro atoms. The number of methoxy groups -OCH3 is 1. The SMILES string of the molecule is COc1ccc(COC[C@H](C)[C@H]2OC2(C)[C@@H](O[Si](C)(C)C(C)(C)C)[C@@H](CO[Si](C)(C)C(C)(C)C)[C@H](OC(C)=O)[C@@H](C=O)CO[Si](C)(C)C(C)(C)C)cc1. The van der Waals surface area contributed by atoms with Crippen LogP contribution in [-0.4, -0.2) is 88.1 Å². The summed E-state index contributed by atoms with van der Waals surface area (Å²) < 4.78 is 45.6. The third kappa shape index (κ3) is 12.6. The van der Waals surface area contributed by atoms with Crippen LogP contribution in [0.15, 0.2) is 24.3 Å². The van der Waals surface area contributed by atoms with Crippen molar-refractivity contribution in [1.29, 1.82) is 0 Å². The second-order valence-electron chi connectivity index (χ2n) is 20.0. The lowest BCUT2D eigenvalue weighted by Crippen LogP contribution is -2.57. The van der Waals surface area contributed by atoms with Gasteiger partial charge in [-0.3, -0.25) is 4.79 Å². The van der Waals surface area contributed by atoms with Gasteiger partial charge in [0.25, 0.3) is 0 Å². The molecule has 1 unspecified atom stereocenters. The summed E-state index contributed by atoms with van der Waals surface area (Å²) in [5, 5.41) is -0.265. The van der Waals surface area contributed by atoms with Gasteiger partial charge in [0, 0.05) is 32.0 Å². The molecule has 0 saturated carbocycles. The Morgan fingerprint density at radius 3 is 1.75 bits per heavy atom. The van der Waals surface area contributed by atoms with Crippen LogP contribution in [0.25, 0.3) is 0 Å². The zero-order valence-corrected chi connectivity index (χ0v) is 39.9. The second kappa shape index (κ2) is 17.8. The third-order valence-corrected chi connectivity index (χ3v) is 26.1. The van der Waals surface area contributed by atoms with Crippen molar-refractivity contribution in [3.63, 3.8) is 0 Å². The van der Waals surface area contributed by atoms with Crippen molar-refractivity contribution in [2.24, 2.45) is 17.8 Å². The van der Waals surface area contributed by atoms with E-state index in [9.17, 15) is 9.59 Å². The number of hydrogen-bond donors (Lipinski definition) is 0. The molecule has 0 aromatic heterocycles. The van der Waals surface area contributed by atoms with E-state index in [4.69, 9.17) is 32.2 Å². The van der Waals surface area contributed by atoms with E-state index in [2.05, 4.69) is 115 Å². The predicted octanol–water partition coefficient (Wildman–Crippen LogP) is 9.80. The maximum absolute atomic E-state index is 13.2. The van der Waals surface area contributed by atoms with Gasteiger partial charge in [0.1, 0.15) is 23.7 Å². The van der Waals surface area contributed by atoms with E-state index in [1.807, 2.05) is 24.3 Å². The van der Waals surface area contributed by atoms with E-state index in [1.165, 1.54) is 6.92 Å². The number of rotatable bonds is 20. The molecule has 0 radical (unpaired) electrons. The molecule has 1 aliphatic rings. The molecular formula is C41H76O9Si3. The van der Waals surface area contributed by atoms with Crippen LogP contribution in [0.4, 0.5) is 0 Å². The number of hydrogen-bond acceptors (Lipinski definition) is 9. The summed E-state index contributed by atoms with van der Waals surface area (Å²) >= 11 is 0. The Hall–Kier alpha value is -1.39. The van der Waals surface area contributed by atoms with Gasteiger partial charge in [-0.05, 0) is 79.0 Å². The fourth-order valence-electron chi connectivity index (χ4n) is 5.74. The maximum atomic E-state index is 13.2. The van der Waals surface area contributed by atoms with Gasteiger partial charge in [0.05, 0.1) is 38.4 Å². The van der Waals surface area contributed by atoms with Gasteiger partial charge in [0.2, 0.25) is 0 Å². The van der Waals surface area contributed by atoms with Gasteiger partial charge in [0.15, 0.2) is 25.0 Å². The largest absolute Gasteiger partial charge is 0.497 e. The number of ether oxygens (including phenoxy) is 4. The number of carbonyl (C=O) groups excluding carboxylic acids is 2. The molecule has 2 rings (SSSR count). The highest BCUT2D eigenvalue weighted by atomic mass is 28.4. The second-order valence-corrected chi connectivity index (χ2v) is 34.4. The first kappa shape index (κ1) is 47.8. The van der Waals surface area contributed by atoms with Crippen molar-refractivity contribution in [2.45, 2.75) is 168 Å². The molecule has 0 aliphatic carbocycles. The van der Waals surface area contributed by atoms with Gasteiger partial charge in [-0.1, -0.05) is 81.4 Å². The Labute approximate surface area is 326 Å². The van der Waals surface area contributed by atoms with Gasteiger partial charge in [-0.2, -0.15) is 0 Å². The standard InChI is InChI=1S/C41H76O9Si3/c1-29(25-45-26-31-20-22-33(44-13)23-21-31)36-41(12,49-36)37(50-53(18,19)40(9,10)11)34(28-47-52(16,17)39(6,7)8)35(48-30(2)43)32(24-42)27-46-51(14,15)38(3,4)5/h20-24,29,32,34-37H,25-28H2,1-19H3/t29-,32-,34-,35+,36+,37-,41?/m0/s1. The van der Waals surface area contributed by atoms with Crippen molar-refractivity contribution < 1.29 is 41.8 Å². The molecular weight excluding hydrogens is 721 g/mol. The summed E-state index contributed by atoms with van der Waals surface area (Å²) in [6.07, 6.45) is -0.716. The highest BCUT2D eigenvalue weighted by Crippen LogP contribution is 2.52. The number of benzene rings is 1. The van der Waals surface area contributed by atoms with Crippen LogP contribution in [0, 0.1) is 17.8 Å². The molecule has 0 amide bonds. The summed E-state index contributed by atoms with van der Waals surface area (Å²) in [5.41, 5.74) is 0.301. The van der Waals surface area contributed by atoms with Crippen LogP contribution in [0.5, 0.6) is 5.75 Å². The Balaban J connectivity index is 2.64. The van der Waals surface area contributed by atoms with Crippen molar-refractivity contribution >= 4 is 37.2 Å². The topological polar surface area (TPSA) is 102 Å². The van der Waals surface area contributed by atoms with Crippen LogP contribution in [0.1, 0.15) is 88.6 Å². The molecule has 1 aromatic carbocycles. The molecule has 1 saturated heterocycles. The zero-order chi connectivity index (χ0) is 41.0. The first-order valence-corrected chi connectivity index (χ1v) is 28.1. The van der Waals surface area contributed by atoms with E-state index in [1.54, 1.807) is 7.11 Å². The normalized spacial score (nSPS) is 21.7. The van der Waals surface area contributed by atoms with Crippen molar-refractivity contribution in [1.82, 2.24) is 0 Å². The molecule has 9 nitrogen and oxygen atoms in total. The predicted molar refractivity (Wildman–Crippen MR) is 222 cm³/mol. The lowest BCUT2D eigenvalue weighted by atomic mass is 9.80. The summed E-state index contributed by atoms with van der Waals surface area (Å²) in [6, 6.07) is 7.87. The lowest BCUT2D eigenvalue weighted by Gasteiger charge is -2.46. The Morgan fingerprint density at radius 2 is 1.32 bits per heavy atom. The van der Waals surface area contributed by atoms with Crippen LogP contribution >= 0.6 is 0 Å². The summed E-state index contributed by atoms with van der Waals surface area (Å²) in [4.78, 5) is 26.1. The van der Waals surface area contributed by atoms with E-state index >= 15 is 0 Å². The molecule has 1 heterocycles. The minimum absolute atomic E-state index is 0.0293. The van der Waals surface area contributed by atoms with E-state index in [-0.39, 0.29) is 40.4 Å². The number of aldehydes is 1. The van der Waals surface area contributed by atoms with Crippen molar-refractivity contribution in [3.05, 3.63) is 29.8 Å². The minimum atomic E-state index is -2.48. The fourth-order valence-corrected chi connectivity index (χ4v) is 9.22. The smallest absolute Gasteiger partial charge is 0.302 e. The molecule has 7 atom stereocenters. The van der Waals surface area contributed by atoms with Crippen LogP contribution in [0.2, 0.25) is 54.4 Å². The highest BCUT2D eigenvalue weighted by Gasteiger charge is 2.65. The lowest BCUT2D eigenvalue weighted by molar-refractivity contribution is -0.160. The van der Waals surface area contributed by atoms with Crippen molar-refractivity contribution in [2.75, 3.05) is 26.9 Å². The summed E-state index contributed by atoms with van der Waals surface area (Å²) in [6.45, 7) is 40.0. The first-order chi connectivity index (χ1) is 23.9. The summed E-state index contributed by atoms with van der Waals surface area (Å²) in [5.74, 6) is -0.891. The monoisotopic (exact) mass is 796 g/mol. The van der Waals surface area contributed by atoms with Crippen LogP contribution in [0.3, 0.4) is 0 Å². The molecule has 53 heavy (non-hydrogen) atoms. The molecule has 0 N–H and O–H groups in total. The van der Waals surface area contributed by atoms with E-state index in [0.717, 1.165) is 17.6 Å². The van der Waals surface area contributed by atoms with Crippen LogP contribution < -0.4 is 4.74 Å². The van der Waals surface area contributed by atoms with E-state index in [0.29, 0.717) is 13.2 Å². The Morgan fingerprint density at radius 1 is 0.830 bits per heavy atom. The average Bonchev–Trinajstić information content (AvgIpc) is 3.71. The van der Waals surface area contributed by atoms with Gasteiger partial charge >= 0.3 is 5.97 Å².